The van der Waals surface area contributed by atoms with E-state index in [2.05, 4.69) is 11.4 Å². The maximum Gasteiger partial charge on any atom is 0.242 e. The number of benzene rings is 2. The Morgan fingerprint density at radius 3 is 2.46 bits per heavy atom. The highest BCUT2D eigenvalue weighted by Gasteiger charge is 2.28. The van der Waals surface area contributed by atoms with Gasteiger partial charge in [-0.15, -0.1) is 11.8 Å². The van der Waals surface area contributed by atoms with Crippen LogP contribution in [-0.4, -0.2) is 35.1 Å². The van der Waals surface area contributed by atoms with Gasteiger partial charge >= 0.3 is 0 Å². The van der Waals surface area contributed by atoms with Crippen molar-refractivity contribution in [1.82, 2.24) is 10.2 Å². The Morgan fingerprint density at radius 2 is 1.82 bits per heavy atom. The molecule has 1 atom stereocenters. The normalized spacial score (nSPS) is 11.7. The summed E-state index contributed by atoms with van der Waals surface area (Å²) in [5, 5.41) is 2.95. The second-order valence-electron chi connectivity index (χ2n) is 6.83. The quantitative estimate of drug-likeness (QED) is 0.603. The highest BCUT2D eigenvalue weighted by atomic mass is 32.2. The zero-order valence-electron chi connectivity index (χ0n) is 17.0. The van der Waals surface area contributed by atoms with Crippen LogP contribution >= 0.6 is 11.8 Å². The summed E-state index contributed by atoms with van der Waals surface area (Å²) >= 11 is 1.51. The fraction of sp³-hybridized carbons (Fsp3) is 0.391. The van der Waals surface area contributed by atoms with Gasteiger partial charge in [-0.3, -0.25) is 9.59 Å². The SMILES string of the molecule is CCCNC(=O)C(CC)N(Cc1cccc(C)c1)C(=O)CSc1ccccc1. The van der Waals surface area contributed by atoms with Crippen LogP contribution in [0.4, 0.5) is 0 Å². The van der Waals surface area contributed by atoms with E-state index in [1.54, 1.807) is 4.90 Å². The van der Waals surface area contributed by atoms with Crippen molar-refractivity contribution in [3.63, 3.8) is 0 Å². The zero-order chi connectivity index (χ0) is 20.4. The molecule has 5 heteroatoms. The third-order valence-electron chi connectivity index (χ3n) is 4.48. The molecule has 2 aromatic rings. The average molecular weight is 399 g/mol. The number of thioether (sulfide) groups is 1. The molecule has 0 heterocycles. The van der Waals surface area contributed by atoms with Gasteiger partial charge in [0.2, 0.25) is 11.8 Å². The minimum atomic E-state index is -0.462. The number of hydrogen-bond acceptors (Lipinski definition) is 3. The summed E-state index contributed by atoms with van der Waals surface area (Å²) in [7, 11) is 0. The van der Waals surface area contributed by atoms with Crippen molar-refractivity contribution in [2.24, 2.45) is 0 Å². The monoisotopic (exact) mass is 398 g/mol. The molecule has 0 bridgehead atoms. The first-order chi connectivity index (χ1) is 13.5. The number of aryl methyl sites for hydroxylation is 1. The van der Waals surface area contributed by atoms with Gasteiger partial charge in [0.15, 0.2) is 0 Å². The molecule has 2 aromatic carbocycles. The molecular weight excluding hydrogens is 368 g/mol. The lowest BCUT2D eigenvalue weighted by molar-refractivity contribution is -0.139. The summed E-state index contributed by atoms with van der Waals surface area (Å²) in [5.74, 6) is 0.219. The van der Waals surface area contributed by atoms with Gasteiger partial charge in [0.05, 0.1) is 5.75 Å². The molecule has 0 aromatic heterocycles. The fourth-order valence-corrected chi connectivity index (χ4v) is 3.84. The minimum Gasteiger partial charge on any atom is -0.354 e. The topological polar surface area (TPSA) is 49.4 Å². The Morgan fingerprint density at radius 1 is 1.07 bits per heavy atom. The molecule has 0 fully saturated rings. The van der Waals surface area contributed by atoms with E-state index < -0.39 is 6.04 Å². The number of nitrogens with zero attached hydrogens (tertiary/aromatic N) is 1. The number of nitrogens with one attached hydrogen (secondary N) is 1. The molecule has 0 saturated carbocycles. The van der Waals surface area contributed by atoms with Gasteiger partial charge in [0.1, 0.15) is 6.04 Å². The van der Waals surface area contributed by atoms with Gasteiger partial charge in [-0.05, 0) is 37.5 Å². The van der Waals surface area contributed by atoms with Crippen molar-refractivity contribution in [3.05, 3.63) is 65.7 Å². The summed E-state index contributed by atoms with van der Waals surface area (Å²) in [4.78, 5) is 28.6. The van der Waals surface area contributed by atoms with Crippen LogP contribution < -0.4 is 5.32 Å². The molecule has 0 aliphatic heterocycles. The smallest absolute Gasteiger partial charge is 0.242 e. The van der Waals surface area contributed by atoms with E-state index in [0.717, 1.165) is 22.4 Å². The van der Waals surface area contributed by atoms with Crippen LogP contribution in [0.5, 0.6) is 0 Å². The molecule has 150 valence electrons. The first kappa shape index (κ1) is 22.0. The molecule has 0 radical (unpaired) electrons. The number of carbonyl (C=O) groups is 2. The molecule has 4 nitrogen and oxygen atoms in total. The summed E-state index contributed by atoms with van der Waals surface area (Å²) in [6, 6.07) is 17.5. The minimum absolute atomic E-state index is 0.0196. The molecule has 2 rings (SSSR count). The van der Waals surface area contributed by atoms with Crippen LogP contribution in [0.15, 0.2) is 59.5 Å². The Hall–Kier alpha value is -2.27. The van der Waals surface area contributed by atoms with Crippen LogP contribution in [0.2, 0.25) is 0 Å². The van der Waals surface area contributed by atoms with E-state index >= 15 is 0 Å². The van der Waals surface area contributed by atoms with Gasteiger partial charge in [0.25, 0.3) is 0 Å². The summed E-state index contributed by atoms with van der Waals surface area (Å²) in [5.41, 5.74) is 2.19. The van der Waals surface area contributed by atoms with Crippen LogP contribution in [0.3, 0.4) is 0 Å². The number of hydrogen-bond donors (Lipinski definition) is 1. The Labute approximate surface area is 172 Å². The largest absolute Gasteiger partial charge is 0.354 e. The molecule has 0 aliphatic rings. The third-order valence-corrected chi connectivity index (χ3v) is 5.47. The van der Waals surface area contributed by atoms with Gasteiger partial charge in [-0.25, -0.2) is 0 Å². The average Bonchev–Trinajstić information content (AvgIpc) is 2.71. The van der Waals surface area contributed by atoms with Crippen LogP contribution in [0.25, 0.3) is 0 Å². The predicted molar refractivity (Wildman–Crippen MR) is 116 cm³/mol. The number of carbonyl (C=O) groups excluding carboxylic acids is 2. The van der Waals surface area contributed by atoms with E-state index in [1.807, 2.05) is 69.3 Å². The van der Waals surface area contributed by atoms with Crippen molar-refractivity contribution < 1.29 is 9.59 Å². The zero-order valence-corrected chi connectivity index (χ0v) is 17.8. The van der Waals surface area contributed by atoms with E-state index in [9.17, 15) is 9.59 Å². The molecule has 0 spiro atoms. The van der Waals surface area contributed by atoms with Crippen LogP contribution in [0.1, 0.15) is 37.8 Å². The first-order valence-corrected chi connectivity index (χ1v) is 10.8. The van der Waals surface area contributed by atoms with Crippen LogP contribution in [-0.2, 0) is 16.1 Å². The second kappa shape index (κ2) is 11.5. The van der Waals surface area contributed by atoms with Gasteiger partial charge in [-0.2, -0.15) is 0 Å². The fourth-order valence-electron chi connectivity index (χ4n) is 3.04. The Kier molecular flexibility index (Phi) is 9.08. The molecule has 2 amide bonds. The molecule has 1 N–H and O–H groups in total. The van der Waals surface area contributed by atoms with Gasteiger partial charge in [-0.1, -0.05) is 61.9 Å². The molecule has 1 unspecified atom stereocenters. The second-order valence-corrected chi connectivity index (χ2v) is 7.88. The van der Waals surface area contributed by atoms with E-state index in [4.69, 9.17) is 0 Å². The Bertz CT molecular complexity index is 764. The van der Waals surface area contributed by atoms with Crippen molar-refractivity contribution in [2.75, 3.05) is 12.3 Å². The maximum absolute atomic E-state index is 13.1. The molecule has 0 aliphatic carbocycles. The summed E-state index contributed by atoms with van der Waals surface area (Å²) in [6.45, 7) is 7.07. The number of rotatable bonds is 10. The lowest BCUT2D eigenvalue weighted by atomic mass is 10.1. The Balaban J connectivity index is 2.17. The van der Waals surface area contributed by atoms with Crippen molar-refractivity contribution in [2.45, 2.75) is 51.1 Å². The van der Waals surface area contributed by atoms with E-state index in [-0.39, 0.29) is 11.8 Å². The lowest BCUT2D eigenvalue weighted by Crippen LogP contribution is -2.49. The maximum atomic E-state index is 13.1. The molecule has 28 heavy (non-hydrogen) atoms. The summed E-state index contributed by atoms with van der Waals surface area (Å²) in [6.07, 6.45) is 1.46. The standard InChI is InChI=1S/C23H30N2O2S/c1-4-14-24-23(27)21(5-2)25(16-19-11-9-10-18(3)15-19)22(26)17-28-20-12-7-6-8-13-20/h6-13,15,21H,4-5,14,16-17H2,1-3H3,(H,24,27). The van der Waals surface area contributed by atoms with Crippen molar-refractivity contribution in [3.8, 4) is 0 Å². The van der Waals surface area contributed by atoms with E-state index in [0.29, 0.717) is 25.3 Å². The van der Waals surface area contributed by atoms with Crippen molar-refractivity contribution in [1.29, 1.82) is 0 Å². The van der Waals surface area contributed by atoms with Gasteiger partial charge < -0.3 is 10.2 Å². The predicted octanol–water partition coefficient (Wildman–Crippen LogP) is 4.42. The van der Waals surface area contributed by atoms with Crippen molar-refractivity contribution >= 4 is 23.6 Å². The highest BCUT2D eigenvalue weighted by molar-refractivity contribution is 8.00. The highest BCUT2D eigenvalue weighted by Crippen LogP contribution is 2.20. The molecule has 0 saturated heterocycles. The van der Waals surface area contributed by atoms with E-state index in [1.165, 1.54) is 11.8 Å². The molecular formula is C23H30N2O2S. The summed E-state index contributed by atoms with van der Waals surface area (Å²) < 4.78 is 0. The van der Waals surface area contributed by atoms with Crippen LogP contribution in [0, 0.1) is 6.92 Å². The van der Waals surface area contributed by atoms with Gasteiger partial charge in [0, 0.05) is 18.0 Å². The number of amides is 2. The third kappa shape index (κ3) is 6.71. The lowest BCUT2D eigenvalue weighted by Gasteiger charge is -2.30. The first-order valence-electron chi connectivity index (χ1n) is 9.85.